The van der Waals surface area contributed by atoms with Gasteiger partial charge in [0.05, 0.1) is 18.5 Å². The predicted molar refractivity (Wildman–Crippen MR) is 127 cm³/mol. The van der Waals surface area contributed by atoms with Crippen molar-refractivity contribution in [2.45, 2.75) is 66.7 Å². The molecule has 1 aliphatic rings. The van der Waals surface area contributed by atoms with Crippen LogP contribution in [0.4, 0.5) is 5.69 Å². The molecule has 1 aromatic carbocycles. The van der Waals surface area contributed by atoms with Crippen molar-refractivity contribution in [3.05, 3.63) is 46.3 Å². The molecule has 0 radical (unpaired) electrons. The van der Waals surface area contributed by atoms with Crippen LogP contribution < -0.4 is 9.64 Å². The van der Waals surface area contributed by atoms with Gasteiger partial charge in [0.15, 0.2) is 0 Å². The average Bonchev–Trinajstić information content (AvgIpc) is 3.30. The Hall–Kier alpha value is -2.49. The Morgan fingerprint density at radius 3 is 2.43 bits per heavy atom. The zero-order chi connectivity index (χ0) is 21.4. The Morgan fingerprint density at radius 2 is 1.80 bits per heavy atom. The molecule has 2 heterocycles. The minimum absolute atomic E-state index is 0.897. The third kappa shape index (κ3) is 3.27. The molecule has 1 aliphatic carbocycles. The van der Waals surface area contributed by atoms with Crippen LogP contribution in [0.5, 0.6) is 5.75 Å². The summed E-state index contributed by atoms with van der Waals surface area (Å²) in [5.74, 6) is 0.897. The van der Waals surface area contributed by atoms with Gasteiger partial charge >= 0.3 is 0 Å². The van der Waals surface area contributed by atoms with Gasteiger partial charge in [-0.15, -0.1) is 0 Å². The second-order valence-electron chi connectivity index (χ2n) is 8.62. The summed E-state index contributed by atoms with van der Waals surface area (Å²) in [6.07, 6.45) is 5.79. The Balaban J connectivity index is 2.04. The lowest BCUT2D eigenvalue weighted by Crippen LogP contribution is -2.26. The van der Waals surface area contributed by atoms with E-state index < -0.39 is 0 Å². The molecule has 4 rings (SSSR count). The van der Waals surface area contributed by atoms with Gasteiger partial charge in [-0.1, -0.05) is 13.8 Å². The minimum atomic E-state index is 0.897. The zero-order valence-corrected chi connectivity index (χ0v) is 19.4. The van der Waals surface area contributed by atoms with E-state index >= 15 is 0 Å². The summed E-state index contributed by atoms with van der Waals surface area (Å²) in [6.45, 7) is 13.4. The monoisotopic (exact) mass is 405 g/mol. The number of rotatable bonds is 7. The summed E-state index contributed by atoms with van der Waals surface area (Å²) in [6, 6.07) is 6.34. The highest BCUT2D eigenvalue weighted by atomic mass is 16.5. The quantitative estimate of drug-likeness (QED) is 0.477. The number of benzene rings is 1. The van der Waals surface area contributed by atoms with E-state index in [4.69, 9.17) is 9.72 Å². The maximum absolute atomic E-state index is 5.44. The largest absolute Gasteiger partial charge is 0.497 e. The molecule has 160 valence electrons. The summed E-state index contributed by atoms with van der Waals surface area (Å²) in [5.41, 5.74) is 10.4. The molecule has 4 nitrogen and oxygen atoms in total. The maximum Gasteiger partial charge on any atom is 0.147 e. The number of anilines is 1. The van der Waals surface area contributed by atoms with Crippen molar-refractivity contribution in [3.8, 4) is 11.4 Å². The molecule has 3 aromatic rings. The van der Waals surface area contributed by atoms with E-state index in [1.54, 1.807) is 7.11 Å². The van der Waals surface area contributed by atoms with Crippen LogP contribution in [-0.4, -0.2) is 29.8 Å². The van der Waals surface area contributed by atoms with Crippen LogP contribution in [0, 0.1) is 20.8 Å². The third-order valence-corrected chi connectivity index (χ3v) is 6.59. The molecule has 0 amide bonds. The molecular weight excluding hydrogens is 370 g/mol. The van der Waals surface area contributed by atoms with Crippen LogP contribution in [-0.2, 0) is 12.8 Å². The van der Waals surface area contributed by atoms with Crippen molar-refractivity contribution in [2.75, 3.05) is 25.1 Å². The number of hydrogen-bond acceptors (Lipinski definition) is 3. The molecule has 4 heteroatoms. The number of fused-ring (bicyclic) bond motifs is 2. The number of nitrogens with zero attached hydrogens (tertiary/aromatic N) is 3. The summed E-state index contributed by atoms with van der Waals surface area (Å²) in [4.78, 5) is 7.90. The Morgan fingerprint density at radius 1 is 1.07 bits per heavy atom. The molecule has 2 aromatic heterocycles. The normalized spacial score (nSPS) is 13.1. The third-order valence-electron chi connectivity index (χ3n) is 6.59. The second-order valence-corrected chi connectivity index (χ2v) is 8.62. The first-order valence-corrected chi connectivity index (χ1v) is 11.4. The van der Waals surface area contributed by atoms with Crippen molar-refractivity contribution in [1.82, 2.24) is 9.55 Å². The van der Waals surface area contributed by atoms with Gasteiger partial charge in [0.2, 0.25) is 0 Å². The topological polar surface area (TPSA) is 30.3 Å². The van der Waals surface area contributed by atoms with Gasteiger partial charge in [-0.2, -0.15) is 0 Å². The van der Waals surface area contributed by atoms with E-state index in [0.717, 1.165) is 50.2 Å². The smallest absolute Gasteiger partial charge is 0.147 e. The van der Waals surface area contributed by atoms with Gasteiger partial charge in [-0.25, -0.2) is 4.98 Å². The molecule has 0 aliphatic heterocycles. The molecule has 0 spiro atoms. The van der Waals surface area contributed by atoms with Crippen molar-refractivity contribution in [2.24, 2.45) is 0 Å². The first kappa shape index (κ1) is 20.8. The summed E-state index contributed by atoms with van der Waals surface area (Å²) < 4.78 is 7.81. The van der Waals surface area contributed by atoms with Crippen LogP contribution in [0.2, 0.25) is 0 Å². The fourth-order valence-electron chi connectivity index (χ4n) is 5.09. The van der Waals surface area contributed by atoms with Gasteiger partial charge in [-0.3, -0.25) is 4.57 Å². The van der Waals surface area contributed by atoms with Crippen LogP contribution in [0.15, 0.2) is 18.2 Å². The Bertz CT molecular complexity index is 1070. The first-order valence-electron chi connectivity index (χ1n) is 11.4. The number of pyridine rings is 1. The van der Waals surface area contributed by atoms with Crippen LogP contribution in [0.3, 0.4) is 0 Å². The highest BCUT2D eigenvalue weighted by Crippen LogP contribution is 2.41. The molecule has 0 fully saturated rings. The summed E-state index contributed by atoms with van der Waals surface area (Å²) in [7, 11) is 1.72. The lowest BCUT2D eigenvalue weighted by molar-refractivity contribution is 0.414. The number of methoxy groups -OCH3 is 1. The fraction of sp³-hybridized carbons (Fsp3) is 0.500. The van der Waals surface area contributed by atoms with E-state index in [2.05, 4.69) is 62.3 Å². The molecule has 0 N–H and O–H groups in total. The Labute approximate surface area is 180 Å². The van der Waals surface area contributed by atoms with Crippen molar-refractivity contribution < 1.29 is 4.74 Å². The zero-order valence-electron chi connectivity index (χ0n) is 19.4. The maximum atomic E-state index is 5.44. The van der Waals surface area contributed by atoms with Crippen molar-refractivity contribution >= 4 is 16.7 Å². The van der Waals surface area contributed by atoms with E-state index in [-0.39, 0.29) is 0 Å². The van der Waals surface area contributed by atoms with Crippen LogP contribution in [0.1, 0.15) is 61.2 Å². The van der Waals surface area contributed by atoms with E-state index in [0.29, 0.717) is 0 Å². The number of hydrogen-bond donors (Lipinski definition) is 0. The molecule has 0 saturated carbocycles. The fourth-order valence-corrected chi connectivity index (χ4v) is 5.09. The van der Waals surface area contributed by atoms with E-state index in [1.807, 2.05) is 0 Å². The van der Waals surface area contributed by atoms with Gasteiger partial charge in [0.25, 0.3) is 0 Å². The van der Waals surface area contributed by atoms with Crippen molar-refractivity contribution in [1.29, 1.82) is 0 Å². The van der Waals surface area contributed by atoms with E-state index in [1.165, 1.54) is 51.3 Å². The highest BCUT2D eigenvalue weighted by Gasteiger charge is 2.27. The molecular formula is C26H35N3O. The Kier molecular flexibility index (Phi) is 5.77. The number of ether oxygens (including phenoxy) is 1. The minimum Gasteiger partial charge on any atom is -0.497 e. The standard InChI is InChI=1S/C26H35N3O/c1-7-14-28(15-8-2)25-21-10-9-11-22(21)27-26-24(25)18(4)19(5)29(26)23-13-12-20(30-6)16-17(23)3/h12-13,16H,7-11,14-15H2,1-6H3. The first-order chi connectivity index (χ1) is 14.5. The summed E-state index contributed by atoms with van der Waals surface area (Å²) >= 11 is 0. The van der Waals surface area contributed by atoms with E-state index in [9.17, 15) is 0 Å². The lowest BCUT2D eigenvalue weighted by atomic mass is 10.0. The second kappa shape index (κ2) is 8.33. The molecule has 0 bridgehead atoms. The molecule has 30 heavy (non-hydrogen) atoms. The highest BCUT2D eigenvalue weighted by molar-refractivity contribution is 5.98. The summed E-state index contributed by atoms with van der Waals surface area (Å²) in [5, 5.41) is 1.35. The van der Waals surface area contributed by atoms with Gasteiger partial charge in [-0.05, 0) is 87.8 Å². The molecule has 0 atom stereocenters. The van der Waals surface area contributed by atoms with Gasteiger partial charge < -0.3 is 9.64 Å². The van der Waals surface area contributed by atoms with Crippen LogP contribution >= 0.6 is 0 Å². The van der Waals surface area contributed by atoms with Gasteiger partial charge in [0, 0.05) is 29.9 Å². The average molecular weight is 406 g/mol. The number of aryl methyl sites for hydroxylation is 3. The molecule has 0 unspecified atom stereocenters. The predicted octanol–water partition coefficient (Wildman–Crippen LogP) is 6.07. The number of aromatic nitrogens is 2. The SMILES string of the molecule is CCCN(CCC)c1c2c(nc3c1c(C)c(C)n3-c1ccc(OC)cc1C)CCC2. The van der Waals surface area contributed by atoms with Crippen LogP contribution in [0.25, 0.3) is 16.7 Å². The van der Waals surface area contributed by atoms with Crippen molar-refractivity contribution in [3.63, 3.8) is 0 Å². The van der Waals surface area contributed by atoms with Gasteiger partial charge in [0.1, 0.15) is 11.4 Å². The lowest BCUT2D eigenvalue weighted by Gasteiger charge is -2.27. The molecule has 0 saturated heterocycles.